The molecule has 0 saturated carbocycles. The van der Waals surface area contributed by atoms with Crippen LogP contribution in [-0.4, -0.2) is 29.0 Å². The summed E-state index contributed by atoms with van der Waals surface area (Å²) in [5.74, 6) is 0.283. The van der Waals surface area contributed by atoms with Gasteiger partial charge in [0.1, 0.15) is 11.5 Å². The molecule has 1 atom stereocenters. The predicted molar refractivity (Wildman–Crippen MR) is 93.8 cm³/mol. The molecule has 2 aliphatic heterocycles. The number of hydrogen-bond acceptors (Lipinski definition) is 3. The van der Waals surface area contributed by atoms with E-state index in [4.69, 9.17) is 4.74 Å². The standard InChI is InChI=1S/C19H11F6N3O2/c20-18(21,22)10-5-7-11(8-6-10)26-17(29)28-16(19(23,24)25)13-9-30-14-4-2-1-3-12(14)15(13)27-28/h1-9,16H,(H,26,29). The summed E-state index contributed by atoms with van der Waals surface area (Å²) in [5.41, 5.74) is -1.20. The number of anilines is 1. The lowest BCUT2D eigenvalue weighted by atomic mass is 9.96. The van der Waals surface area contributed by atoms with Crippen molar-refractivity contribution in [3.8, 4) is 5.75 Å². The third-order valence-corrected chi connectivity index (χ3v) is 4.46. The molecule has 0 saturated heterocycles. The molecular formula is C19H11F6N3O2. The van der Waals surface area contributed by atoms with Gasteiger partial charge in [-0.05, 0) is 36.4 Å². The SMILES string of the molecule is O=C(Nc1ccc(C(F)(F)F)cc1)N1N=C2C(=COc3ccccc32)C1C(F)(F)F. The van der Waals surface area contributed by atoms with Crippen molar-refractivity contribution in [3.05, 3.63) is 71.5 Å². The van der Waals surface area contributed by atoms with E-state index in [1.165, 1.54) is 6.07 Å². The number of amides is 2. The van der Waals surface area contributed by atoms with Gasteiger partial charge in [-0.15, -0.1) is 0 Å². The van der Waals surface area contributed by atoms with Gasteiger partial charge < -0.3 is 10.1 Å². The molecule has 11 heteroatoms. The molecule has 0 bridgehead atoms. The molecule has 0 spiro atoms. The van der Waals surface area contributed by atoms with Crippen LogP contribution < -0.4 is 10.1 Å². The van der Waals surface area contributed by atoms with E-state index in [0.29, 0.717) is 12.1 Å². The molecule has 156 valence electrons. The molecule has 5 nitrogen and oxygen atoms in total. The number of benzene rings is 2. The van der Waals surface area contributed by atoms with Crippen molar-refractivity contribution in [2.24, 2.45) is 5.10 Å². The maximum Gasteiger partial charge on any atom is 0.416 e. The first-order valence-corrected chi connectivity index (χ1v) is 8.45. The second-order valence-corrected chi connectivity index (χ2v) is 6.43. The third-order valence-electron chi connectivity index (χ3n) is 4.46. The Balaban J connectivity index is 1.65. The second-order valence-electron chi connectivity index (χ2n) is 6.43. The van der Waals surface area contributed by atoms with Crippen LogP contribution in [0.2, 0.25) is 0 Å². The topological polar surface area (TPSA) is 53.9 Å². The van der Waals surface area contributed by atoms with E-state index in [2.05, 4.69) is 10.4 Å². The molecule has 30 heavy (non-hydrogen) atoms. The molecule has 2 aromatic rings. The number of urea groups is 1. The van der Waals surface area contributed by atoms with E-state index in [9.17, 15) is 31.1 Å². The Morgan fingerprint density at radius 1 is 1.00 bits per heavy atom. The molecule has 0 aliphatic carbocycles. The highest BCUT2D eigenvalue weighted by atomic mass is 19.4. The van der Waals surface area contributed by atoms with Gasteiger partial charge in [-0.3, -0.25) is 0 Å². The number of carbonyl (C=O) groups is 1. The van der Waals surface area contributed by atoms with E-state index in [0.717, 1.165) is 18.4 Å². The van der Waals surface area contributed by atoms with Crippen molar-refractivity contribution < 1.29 is 35.9 Å². The fraction of sp³-hybridized carbons (Fsp3) is 0.158. The van der Waals surface area contributed by atoms with Crippen LogP contribution in [0.15, 0.2) is 65.5 Å². The van der Waals surface area contributed by atoms with Gasteiger partial charge in [0.25, 0.3) is 0 Å². The van der Waals surface area contributed by atoms with Crippen molar-refractivity contribution in [2.45, 2.75) is 18.4 Å². The monoisotopic (exact) mass is 427 g/mol. The van der Waals surface area contributed by atoms with E-state index >= 15 is 0 Å². The van der Waals surface area contributed by atoms with Crippen LogP contribution in [0.1, 0.15) is 11.1 Å². The zero-order chi connectivity index (χ0) is 21.7. The smallest absolute Gasteiger partial charge is 0.416 e. The maximum atomic E-state index is 13.7. The summed E-state index contributed by atoms with van der Waals surface area (Å²) >= 11 is 0. The number of halogens is 6. The summed E-state index contributed by atoms with van der Waals surface area (Å²) in [5, 5.41) is 6.20. The predicted octanol–water partition coefficient (Wildman–Crippen LogP) is 5.16. The van der Waals surface area contributed by atoms with Crippen LogP contribution in [0, 0.1) is 0 Å². The van der Waals surface area contributed by atoms with Crippen LogP contribution in [0.3, 0.4) is 0 Å². The van der Waals surface area contributed by atoms with E-state index in [-0.39, 0.29) is 33.3 Å². The van der Waals surface area contributed by atoms with Gasteiger partial charge in [-0.1, -0.05) is 12.1 Å². The molecule has 4 rings (SSSR count). The van der Waals surface area contributed by atoms with Crippen LogP contribution in [0.4, 0.5) is 36.8 Å². The van der Waals surface area contributed by atoms with Crippen LogP contribution >= 0.6 is 0 Å². The lowest BCUT2D eigenvalue weighted by Gasteiger charge is -2.25. The fourth-order valence-corrected chi connectivity index (χ4v) is 3.11. The molecule has 2 aliphatic rings. The van der Waals surface area contributed by atoms with E-state index in [1.807, 2.05) is 0 Å². The van der Waals surface area contributed by atoms with Gasteiger partial charge in [-0.2, -0.15) is 36.5 Å². The maximum absolute atomic E-state index is 13.7. The minimum Gasteiger partial charge on any atom is -0.464 e. The lowest BCUT2D eigenvalue weighted by Crippen LogP contribution is -2.46. The largest absolute Gasteiger partial charge is 0.464 e. The van der Waals surface area contributed by atoms with Crippen molar-refractivity contribution in [3.63, 3.8) is 0 Å². The Bertz CT molecular complexity index is 1060. The number of para-hydroxylation sites is 1. The van der Waals surface area contributed by atoms with Gasteiger partial charge in [0, 0.05) is 16.8 Å². The first kappa shape index (κ1) is 19.8. The first-order valence-electron chi connectivity index (χ1n) is 8.45. The third kappa shape index (κ3) is 3.46. The van der Waals surface area contributed by atoms with Crippen LogP contribution in [0.5, 0.6) is 5.75 Å². The quantitative estimate of drug-likeness (QED) is 0.639. The molecule has 2 heterocycles. The molecule has 1 unspecified atom stereocenters. The first-order chi connectivity index (χ1) is 14.1. The Morgan fingerprint density at radius 3 is 2.30 bits per heavy atom. The number of fused-ring (bicyclic) bond motifs is 3. The van der Waals surface area contributed by atoms with Gasteiger partial charge >= 0.3 is 18.4 Å². The Kier molecular flexibility index (Phi) is 4.48. The van der Waals surface area contributed by atoms with E-state index < -0.39 is 30.0 Å². The number of hydrazone groups is 1. The molecule has 2 aromatic carbocycles. The number of ether oxygens (including phenoxy) is 1. The number of alkyl halides is 6. The summed E-state index contributed by atoms with van der Waals surface area (Å²) in [6, 6.07) is 5.90. The highest BCUT2D eigenvalue weighted by Gasteiger charge is 2.54. The molecular weight excluding hydrogens is 416 g/mol. The number of carbonyl (C=O) groups excluding carboxylic acids is 1. The Labute approximate surface area is 165 Å². The average Bonchev–Trinajstić information content (AvgIpc) is 3.08. The average molecular weight is 427 g/mol. The number of nitrogens with one attached hydrogen (secondary N) is 1. The van der Waals surface area contributed by atoms with Gasteiger partial charge in [0.2, 0.25) is 0 Å². The highest BCUT2D eigenvalue weighted by molar-refractivity contribution is 6.17. The summed E-state index contributed by atoms with van der Waals surface area (Å²) in [6.45, 7) is 0. The van der Waals surface area contributed by atoms with Crippen LogP contribution in [-0.2, 0) is 6.18 Å². The van der Waals surface area contributed by atoms with Gasteiger partial charge in [-0.25, -0.2) is 4.79 Å². The molecule has 1 N–H and O–H groups in total. The Morgan fingerprint density at radius 2 is 1.67 bits per heavy atom. The number of nitrogens with zero attached hydrogens (tertiary/aromatic N) is 2. The number of hydrogen-bond donors (Lipinski definition) is 1. The van der Waals surface area contributed by atoms with Gasteiger partial charge in [0.15, 0.2) is 6.04 Å². The Hall–Kier alpha value is -3.50. The molecule has 0 aromatic heterocycles. The van der Waals surface area contributed by atoms with Crippen molar-refractivity contribution >= 4 is 17.4 Å². The second kappa shape index (κ2) is 6.78. The minimum absolute atomic E-state index is 0.0678. The summed E-state index contributed by atoms with van der Waals surface area (Å²) < 4.78 is 84.4. The lowest BCUT2D eigenvalue weighted by molar-refractivity contribution is -0.162. The zero-order valence-electron chi connectivity index (χ0n) is 14.8. The summed E-state index contributed by atoms with van der Waals surface area (Å²) in [6.07, 6.45) is -8.56. The van der Waals surface area contributed by atoms with Crippen molar-refractivity contribution in [2.75, 3.05) is 5.32 Å². The highest BCUT2D eigenvalue weighted by Crippen LogP contribution is 2.41. The molecule has 0 fully saturated rings. The molecule has 2 amide bonds. The van der Waals surface area contributed by atoms with Crippen molar-refractivity contribution in [1.29, 1.82) is 0 Å². The van der Waals surface area contributed by atoms with E-state index in [1.54, 1.807) is 18.2 Å². The van der Waals surface area contributed by atoms with Crippen molar-refractivity contribution in [1.82, 2.24) is 5.01 Å². The fourth-order valence-electron chi connectivity index (χ4n) is 3.11. The van der Waals surface area contributed by atoms with Gasteiger partial charge in [0.05, 0.1) is 11.8 Å². The summed E-state index contributed by atoms with van der Waals surface area (Å²) in [7, 11) is 0. The zero-order valence-corrected chi connectivity index (χ0v) is 14.8. The normalized spacial score (nSPS) is 18.1. The van der Waals surface area contributed by atoms with Crippen LogP contribution in [0.25, 0.3) is 0 Å². The minimum atomic E-state index is -4.87. The molecule has 0 radical (unpaired) electrons. The number of rotatable bonds is 1. The summed E-state index contributed by atoms with van der Waals surface area (Å²) in [4.78, 5) is 12.5.